The molecule has 0 unspecified atom stereocenters. The molecule has 4 aromatic rings. The summed E-state index contributed by atoms with van der Waals surface area (Å²) in [5, 5.41) is 4.13. The molecule has 0 aliphatic carbocycles. The van der Waals surface area contributed by atoms with Gasteiger partial charge in [-0.15, -0.1) is 0 Å². The first-order chi connectivity index (χ1) is 15.5. The van der Waals surface area contributed by atoms with E-state index in [4.69, 9.17) is 12.2 Å². The van der Waals surface area contributed by atoms with Gasteiger partial charge in [-0.2, -0.15) is 0 Å². The van der Waals surface area contributed by atoms with Crippen LogP contribution in [0.3, 0.4) is 0 Å². The van der Waals surface area contributed by atoms with Gasteiger partial charge in [-0.25, -0.2) is 4.39 Å². The topological polar surface area (TPSA) is 33.1 Å². The van der Waals surface area contributed by atoms with Crippen LogP contribution < -0.4 is 10.2 Å². The van der Waals surface area contributed by atoms with E-state index in [0.717, 1.165) is 22.8 Å². The second-order valence-electron chi connectivity index (χ2n) is 8.13. The summed E-state index contributed by atoms with van der Waals surface area (Å²) in [6.07, 6.45) is 3.75. The molecule has 160 valence electrons. The summed E-state index contributed by atoms with van der Waals surface area (Å²) in [5.74, 6) is -0.269. The molecule has 1 N–H and O–H groups in total. The number of benzene rings is 2. The highest BCUT2D eigenvalue weighted by molar-refractivity contribution is 7.80. The van der Waals surface area contributed by atoms with E-state index in [2.05, 4.69) is 53.3 Å². The number of pyridine rings is 1. The molecular weight excluding hydrogens is 419 g/mol. The lowest BCUT2D eigenvalue weighted by Gasteiger charge is -2.29. The van der Waals surface area contributed by atoms with E-state index in [0.29, 0.717) is 5.11 Å². The maximum absolute atomic E-state index is 14.0. The number of nitrogens with zero attached hydrogens (tertiary/aromatic N) is 3. The molecule has 1 aliphatic heterocycles. The van der Waals surface area contributed by atoms with Crippen molar-refractivity contribution in [1.82, 2.24) is 14.9 Å². The van der Waals surface area contributed by atoms with Crippen LogP contribution in [-0.4, -0.2) is 14.7 Å². The molecule has 2 aromatic heterocycles. The Labute approximate surface area is 192 Å². The summed E-state index contributed by atoms with van der Waals surface area (Å²) in [5.41, 5.74) is 6.03. The van der Waals surface area contributed by atoms with Gasteiger partial charge in [-0.3, -0.25) is 4.98 Å². The second-order valence-corrected chi connectivity index (χ2v) is 8.51. The van der Waals surface area contributed by atoms with Crippen molar-refractivity contribution < 1.29 is 4.39 Å². The third-order valence-electron chi connectivity index (χ3n) is 5.75. The summed E-state index contributed by atoms with van der Waals surface area (Å²) in [6, 6.07) is 22.7. The molecule has 1 saturated heterocycles. The van der Waals surface area contributed by atoms with E-state index in [-0.39, 0.29) is 17.9 Å². The average Bonchev–Trinajstić information content (AvgIpc) is 3.38. The van der Waals surface area contributed by atoms with Gasteiger partial charge in [-0.05, 0) is 91.8 Å². The fourth-order valence-corrected chi connectivity index (χ4v) is 4.87. The molecular formula is C26H23FN4S. The van der Waals surface area contributed by atoms with Crippen LogP contribution in [0.2, 0.25) is 0 Å². The Kier molecular flexibility index (Phi) is 5.23. The highest BCUT2D eigenvalue weighted by atomic mass is 32.1. The normalized spacial score (nSPS) is 18.1. The van der Waals surface area contributed by atoms with E-state index in [1.807, 2.05) is 41.1 Å². The van der Waals surface area contributed by atoms with Crippen LogP contribution in [0.1, 0.15) is 34.6 Å². The fourth-order valence-electron chi connectivity index (χ4n) is 4.52. The van der Waals surface area contributed by atoms with Crippen LogP contribution in [0.5, 0.6) is 0 Å². The SMILES string of the molecule is Cc1cc(C)cc(N2C(=S)N[C@H](c3ccccn3)[C@H]2c2cccn2-c2cccc(F)c2)c1. The number of hydrogen-bond acceptors (Lipinski definition) is 2. The highest BCUT2D eigenvalue weighted by Gasteiger charge is 2.42. The van der Waals surface area contributed by atoms with Crippen molar-refractivity contribution in [1.29, 1.82) is 0 Å². The molecule has 0 spiro atoms. The first kappa shape index (κ1) is 20.4. The van der Waals surface area contributed by atoms with Crippen molar-refractivity contribution in [2.45, 2.75) is 25.9 Å². The molecule has 2 aromatic carbocycles. The van der Waals surface area contributed by atoms with Crippen LogP contribution in [0.15, 0.2) is 85.2 Å². The molecule has 0 radical (unpaired) electrons. The van der Waals surface area contributed by atoms with Crippen LogP contribution in [0, 0.1) is 19.7 Å². The van der Waals surface area contributed by atoms with Crippen LogP contribution in [0.25, 0.3) is 5.69 Å². The maximum atomic E-state index is 14.0. The van der Waals surface area contributed by atoms with Gasteiger partial charge >= 0.3 is 0 Å². The molecule has 1 fully saturated rings. The van der Waals surface area contributed by atoms with Gasteiger partial charge in [0.1, 0.15) is 11.9 Å². The van der Waals surface area contributed by atoms with E-state index in [9.17, 15) is 4.39 Å². The first-order valence-corrected chi connectivity index (χ1v) is 10.9. The van der Waals surface area contributed by atoms with Gasteiger partial charge in [0, 0.05) is 29.5 Å². The van der Waals surface area contributed by atoms with Gasteiger partial charge in [0.15, 0.2) is 5.11 Å². The van der Waals surface area contributed by atoms with E-state index in [1.54, 1.807) is 18.3 Å². The minimum atomic E-state index is -0.269. The first-order valence-electron chi connectivity index (χ1n) is 10.5. The zero-order chi connectivity index (χ0) is 22.2. The van der Waals surface area contributed by atoms with Crippen LogP contribution in [-0.2, 0) is 0 Å². The lowest BCUT2D eigenvalue weighted by atomic mass is 10.00. The zero-order valence-corrected chi connectivity index (χ0v) is 18.7. The summed E-state index contributed by atoms with van der Waals surface area (Å²) >= 11 is 5.84. The maximum Gasteiger partial charge on any atom is 0.174 e. The number of nitrogens with one attached hydrogen (secondary N) is 1. The zero-order valence-electron chi connectivity index (χ0n) is 17.9. The highest BCUT2D eigenvalue weighted by Crippen LogP contribution is 2.42. The predicted octanol–water partition coefficient (Wildman–Crippen LogP) is 5.81. The smallest absolute Gasteiger partial charge is 0.174 e. The number of aromatic nitrogens is 2. The second kappa shape index (κ2) is 8.20. The third kappa shape index (κ3) is 3.67. The Bertz CT molecular complexity index is 1260. The molecule has 1 aliphatic rings. The van der Waals surface area contributed by atoms with Crippen molar-refractivity contribution in [2.24, 2.45) is 0 Å². The lowest BCUT2D eigenvalue weighted by molar-refractivity contribution is 0.548. The number of anilines is 1. The monoisotopic (exact) mass is 442 g/mol. The molecule has 2 atom stereocenters. The lowest BCUT2D eigenvalue weighted by Crippen LogP contribution is -2.30. The largest absolute Gasteiger partial charge is 0.351 e. The third-order valence-corrected chi connectivity index (χ3v) is 6.07. The number of aryl methyl sites for hydroxylation is 2. The summed E-state index contributed by atoms with van der Waals surface area (Å²) in [7, 11) is 0. The molecule has 0 amide bonds. The van der Waals surface area contributed by atoms with Gasteiger partial charge in [-0.1, -0.05) is 18.2 Å². The molecule has 0 saturated carbocycles. The molecule has 3 heterocycles. The van der Waals surface area contributed by atoms with Crippen molar-refractivity contribution in [2.75, 3.05) is 4.90 Å². The number of thiocarbonyl (C=S) groups is 1. The minimum Gasteiger partial charge on any atom is -0.351 e. The van der Waals surface area contributed by atoms with E-state index in [1.165, 1.54) is 17.2 Å². The van der Waals surface area contributed by atoms with Gasteiger partial charge < -0.3 is 14.8 Å². The van der Waals surface area contributed by atoms with Crippen molar-refractivity contribution in [3.8, 4) is 5.69 Å². The van der Waals surface area contributed by atoms with Crippen LogP contribution in [0.4, 0.5) is 10.1 Å². The van der Waals surface area contributed by atoms with Crippen LogP contribution >= 0.6 is 12.2 Å². The summed E-state index contributed by atoms with van der Waals surface area (Å²) in [6.45, 7) is 4.17. The van der Waals surface area contributed by atoms with Crippen molar-refractivity contribution >= 4 is 23.0 Å². The van der Waals surface area contributed by atoms with Crippen molar-refractivity contribution in [3.05, 3.63) is 114 Å². The Hall–Kier alpha value is -3.51. The van der Waals surface area contributed by atoms with Gasteiger partial charge in [0.2, 0.25) is 0 Å². The van der Waals surface area contributed by atoms with Gasteiger partial charge in [0.05, 0.1) is 11.7 Å². The average molecular weight is 443 g/mol. The van der Waals surface area contributed by atoms with E-state index >= 15 is 0 Å². The molecule has 4 nitrogen and oxygen atoms in total. The Morgan fingerprint density at radius 1 is 0.906 bits per heavy atom. The van der Waals surface area contributed by atoms with Gasteiger partial charge in [0.25, 0.3) is 0 Å². The predicted molar refractivity (Wildman–Crippen MR) is 130 cm³/mol. The number of hydrogen-bond donors (Lipinski definition) is 1. The Balaban J connectivity index is 1.69. The quantitative estimate of drug-likeness (QED) is 0.405. The molecule has 6 heteroatoms. The molecule has 5 rings (SSSR count). The fraction of sp³-hybridized carbons (Fsp3) is 0.154. The number of halogens is 1. The van der Waals surface area contributed by atoms with E-state index < -0.39 is 0 Å². The summed E-state index contributed by atoms with van der Waals surface area (Å²) < 4.78 is 16.1. The van der Waals surface area contributed by atoms with Crippen molar-refractivity contribution in [3.63, 3.8) is 0 Å². The summed E-state index contributed by atoms with van der Waals surface area (Å²) in [4.78, 5) is 6.77. The molecule has 32 heavy (non-hydrogen) atoms. The number of rotatable bonds is 4. The Morgan fingerprint density at radius 3 is 2.44 bits per heavy atom. The Morgan fingerprint density at radius 2 is 1.72 bits per heavy atom. The minimum absolute atomic E-state index is 0.160. The molecule has 0 bridgehead atoms. The standard InChI is InChI=1S/C26H23FN4S/c1-17-13-18(2)15-21(14-17)31-25(24(29-26(31)32)22-9-3-4-11-28-22)23-10-6-12-30(23)20-8-5-7-19(27)16-20/h3-16,24-25H,1-2H3,(H,29,32)/t24-,25-/m1/s1.